The summed E-state index contributed by atoms with van der Waals surface area (Å²) in [7, 11) is 4.17. The summed E-state index contributed by atoms with van der Waals surface area (Å²) in [5.74, 6) is 2.38. The van der Waals surface area contributed by atoms with E-state index in [0.717, 1.165) is 36.7 Å². The first-order valence-corrected chi connectivity index (χ1v) is 6.95. The third-order valence-corrected chi connectivity index (χ3v) is 3.29. The van der Waals surface area contributed by atoms with Gasteiger partial charge in [0.1, 0.15) is 17.5 Å². The van der Waals surface area contributed by atoms with E-state index in [1.54, 1.807) is 0 Å². The number of hydrogen-bond donors (Lipinski definition) is 1. The molecular weight excluding hydrogens is 238 g/mol. The van der Waals surface area contributed by atoms with Crippen molar-refractivity contribution in [2.24, 2.45) is 0 Å². The fourth-order valence-corrected chi connectivity index (χ4v) is 2.30. The zero-order valence-electron chi connectivity index (χ0n) is 13.1. The molecule has 1 unspecified atom stereocenters. The monoisotopic (exact) mass is 265 g/mol. The van der Waals surface area contributed by atoms with Crippen LogP contribution in [0, 0.1) is 6.92 Å². The lowest BCUT2D eigenvalue weighted by molar-refractivity contribution is 0.372. The Morgan fingerprint density at radius 3 is 2.32 bits per heavy atom. The molecule has 1 atom stereocenters. The van der Waals surface area contributed by atoms with Crippen LogP contribution in [0.2, 0.25) is 0 Å². The van der Waals surface area contributed by atoms with Crippen molar-refractivity contribution in [3.05, 3.63) is 11.4 Å². The van der Waals surface area contributed by atoms with Gasteiger partial charge in [-0.3, -0.25) is 0 Å². The molecule has 1 aromatic rings. The molecule has 0 saturated carbocycles. The van der Waals surface area contributed by atoms with Crippen molar-refractivity contribution in [1.29, 1.82) is 0 Å². The number of nitrogen functional groups attached to an aromatic ring is 1. The first-order chi connectivity index (χ1) is 8.90. The van der Waals surface area contributed by atoms with Crippen LogP contribution in [0.5, 0.6) is 0 Å². The normalized spacial score (nSPS) is 12.8. The van der Waals surface area contributed by atoms with Crippen molar-refractivity contribution in [3.8, 4) is 0 Å². The molecule has 5 heteroatoms. The lowest BCUT2D eigenvalue weighted by Crippen LogP contribution is -2.41. The molecule has 0 radical (unpaired) electrons. The van der Waals surface area contributed by atoms with E-state index in [1.165, 1.54) is 0 Å². The van der Waals surface area contributed by atoms with E-state index < -0.39 is 0 Å². The fourth-order valence-electron chi connectivity index (χ4n) is 2.30. The minimum Gasteiger partial charge on any atom is -0.383 e. The molecule has 0 amide bonds. The zero-order valence-corrected chi connectivity index (χ0v) is 13.1. The van der Waals surface area contributed by atoms with Crippen molar-refractivity contribution in [3.63, 3.8) is 0 Å². The van der Waals surface area contributed by atoms with Crippen LogP contribution < -0.4 is 10.6 Å². The molecule has 2 N–H and O–H groups in total. The highest BCUT2D eigenvalue weighted by molar-refractivity contribution is 5.57. The molecule has 1 heterocycles. The van der Waals surface area contributed by atoms with Crippen LogP contribution in [0.4, 0.5) is 11.6 Å². The van der Waals surface area contributed by atoms with Gasteiger partial charge in [0.2, 0.25) is 0 Å². The molecule has 0 aliphatic carbocycles. The average Bonchev–Trinajstić information content (AvgIpc) is 2.34. The van der Waals surface area contributed by atoms with Gasteiger partial charge in [-0.05, 0) is 34.9 Å². The molecule has 1 aromatic heterocycles. The summed E-state index contributed by atoms with van der Waals surface area (Å²) in [5.41, 5.74) is 6.98. The summed E-state index contributed by atoms with van der Waals surface area (Å²) in [6.45, 7) is 10.3. The highest BCUT2D eigenvalue weighted by Gasteiger charge is 2.19. The van der Waals surface area contributed by atoms with E-state index in [9.17, 15) is 0 Å². The van der Waals surface area contributed by atoms with Gasteiger partial charge in [0.05, 0.1) is 0 Å². The number of nitrogens with two attached hydrogens (primary N) is 1. The quantitative estimate of drug-likeness (QED) is 0.848. The lowest BCUT2D eigenvalue weighted by atomic mass is 10.2. The Hall–Kier alpha value is -1.36. The van der Waals surface area contributed by atoms with Gasteiger partial charge in [-0.25, -0.2) is 9.97 Å². The molecule has 0 aliphatic heterocycles. The Labute approximate surface area is 116 Å². The van der Waals surface area contributed by atoms with Gasteiger partial charge >= 0.3 is 0 Å². The number of rotatable bonds is 6. The predicted octanol–water partition coefficient (Wildman–Crippen LogP) is 1.71. The maximum absolute atomic E-state index is 6.00. The largest absolute Gasteiger partial charge is 0.383 e. The molecule has 19 heavy (non-hydrogen) atoms. The molecule has 0 fully saturated rings. The van der Waals surface area contributed by atoms with Gasteiger partial charge in [0.25, 0.3) is 0 Å². The van der Waals surface area contributed by atoms with Gasteiger partial charge in [-0.1, -0.05) is 6.92 Å². The molecular formula is C14H27N5. The summed E-state index contributed by atoms with van der Waals surface area (Å²) in [6.07, 6.45) is 0.803. The highest BCUT2D eigenvalue weighted by Crippen LogP contribution is 2.23. The fraction of sp³-hybridized carbons (Fsp3) is 0.714. The molecule has 0 saturated heterocycles. The lowest BCUT2D eigenvalue weighted by Gasteiger charge is -2.32. The van der Waals surface area contributed by atoms with E-state index in [-0.39, 0.29) is 0 Å². The van der Waals surface area contributed by atoms with Gasteiger partial charge in [-0.2, -0.15) is 0 Å². The minimum atomic E-state index is 0.387. The maximum atomic E-state index is 6.00. The van der Waals surface area contributed by atoms with Gasteiger partial charge in [0, 0.05) is 31.1 Å². The number of anilines is 2. The number of nitrogens with zero attached hydrogens (tertiary/aromatic N) is 4. The van der Waals surface area contributed by atoms with Gasteiger partial charge in [-0.15, -0.1) is 0 Å². The van der Waals surface area contributed by atoms with Crippen LogP contribution in [0.1, 0.15) is 32.2 Å². The first-order valence-electron chi connectivity index (χ1n) is 6.95. The summed E-state index contributed by atoms with van der Waals surface area (Å²) < 4.78 is 0. The number of aromatic nitrogens is 2. The van der Waals surface area contributed by atoms with Crippen molar-refractivity contribution in [2.45, 2.75) is 40.2 Å². The molecule has 0 aromatic carbocycles. The minimum absolute atomic E-state index is 0.387. The van der Waals surface area contributed by atoms with Crippen LogP contribution in [0.15, 0.2) is 0 Å². The van der Waals surface area contributed by atoms with E-state index >= 15 is 0 Å². The average molecular weight is 265 g/mol. The Kier molecular flexibility index (Phi) is 5.54. The molecule has 1 rings (SSSR count). The Morgan fingerprint density at radius 1 is 1.21 bits per heavy atom. The van der Waals surface area contributed by atoms with E-state index in [0.29, 0.717) is 11.9 Å². The molecule has 0 bridgehead atoms. The molecule has 0 aliphatic rings. The summed E-state index contributed by atoms with van der Waals surface area (Å²) in [6, 6.07) is 0.387. The number of likely N-dealkylation sites (N-methyl/N-ethyl adjacent to an activating group) is 2. The van der Waals surface area contributed by atoms with E-state index in [1.807, 2.05) is 13.8 Å². The van der Waals surface area contributed by atoms with Crippen molar-refractivity contribution < 1.29 is 0 Å². The Balaban J connectivity index is 3.13. The third-order valence-electron chi connectivity index (χ3n) is 3.29. The standard InChI is InChI=1S/C14H27N5/c1-7-12-16-13(15)11(4)14(17-12)19(8-2)10(3)9-18(5)6/h10H,7-9H2,1-6H3,(H2,15,16,17). The Morgan fingerprint density at radius 2 is 1.84 bits per heavy atom. The van der Waals surface area contributed by atoms with Crippen LogP contribution >= 0.6 is 0 Å². The van der Waals surface area contributed by atoms with E-state index in [4.69, 9.17) is 5.73 Å². The SMILES string of the molecule is CCc1nc(N)c(C)c(N(CC)C(C)CN(C)C)n1. The van der Waals surface area contributed by atoms with Gasteiger partial charge < -0.3 is 15.5 Å². The van der Waals surface area contributed by atoms with Crippen LogP contribution in [0.25, 0.3) is 0 Å². The van der Waals surface area contributed by atoms with Crippen LogP contribution in [-0.4, -0.2) is 48.1 Å². The summed E-state index contributed by atoms with van der Waals surface area (Å²) in [4.78, 5) is 13.5. The van der Waals surface area contributed by atoms with Crippen LogP contribution in [0.3, 0.4) is 0 Å². The third kappa shape index (κ3) is 3.80. The Bertz CT molecular complexity index is 417. The molecule has 0 spiro atoms. The molecule has 108 valence electrons. The number of aryl methyl sites for hydroxylation is 1. The second-order valence-electron chi connectivity index (χ2n) is 5.22. The summed E-state index contributed by atoms with van der Waals surface area (Å²) in [5, 5.41) is 0. The summed E-state index contributed by atoms with van der Waals surface area (Å²) >= 11 is 0. The van der Waals surface area contributed by atoms with Gasteiger partial charge in [0.15, 0.2) is 0 Å². The topological polar surface area (TPSA) is 58.3 Å². The van der Waals surface area contributed by atoms with Crippen molar-refractivity contribution >= 4 is 11.6 Å². The van der Waals surface area contributed by atoms with Crippen LogP contribution in [-0.2, 0) is 6.42 Å². The second kappa shape index (κ2) is 6.70. The number of hydrogen-bond acceptors (Lipinski definition) is 5. The highest BCUT2D eigenvalue weighted by atomic mass is 15.2. The first kappa shape index (κ1) is 15.7. The smallest absolute Gasteiger partial charge is 0.137 e. The molecule has 5 nitrogen and oxygen atoms in total. The van der Waals surface area contributed by atoms with E-state index in [2.05, 4.69) is 47.7 Å². The predicted molar refractivity (Wildman–Crippen MR) is 81.6 cm³/mol. The zero-order chi connectivity index (χ0) is 14.6. The van der Waals surface area contributed by atoms with Crippen molar-refractivity contribution in [1.82, 2.24) is 14.9 Å². The maximum Gasteiger partial charge on any atom is 0.137 e. The van der Waals surface area contributed by atoms with Crippen molar-refractivity contribution in [2.75, 3.05) is 37.8 Å². The second-order valence-corrected chi connectivity index (χ2v) is 5.22.